The lowest BCUT2D eigenvalue weighted by molar-refractivity contribution is -0.139. The van der Waals surface area contributed by atoms with E-state index in [1.54, 1.807) is 5.06 Å². The van der Waals surface area contributed by atoms with Crippen LogP contribution in [0.25, 0.3) is 5.70 Å². The summed E-state index contributed by atoms with van der Waals surface area (Å²) in [4.78, 5) is 13.7. The number of nitrogen functional groups attached to an aromatic ring is 1. The first-order valence-electron chi connectivity index (χ1n) is 9.32. The van der Waals surface area contributed by atoms with Crippen molar-refractivity contribution in [3.05, 3.63) is 51.6 Å². The molecule has 8 heteroatoms. The van der Waals surface area contributed by atoms with Gasteiger partial charge in [0.25, 0.3) is 0 Å². The molecule has 1 aromatic carbocycles. The van der Waals surface area contributed by atoms with Gasteiger partial charge in [-0.15, -0.1) is 0 Å². The van der Waals surface area contributed by atoms with Crippen molar-refractivity contribution < 1.29 is 9.94 Å². The van der Waals surface area contributed by atoms with Gasteiger partial charge in [0.15, 0.2) is 5.13 Å². The quantitative estimate of drug-likeness (QED) is 0.670. The molecule has 0 saturated heterocycles. The first kappa shape index (κ1) is 20.9. The lowest BCUT2D eigenvalue weighted by Crippen LogP contribution is -2.37. The van der Waals surface area contributed by atoms with Crippen LogP contribution in [0.2, 0.25) is 5.02 Å². The molecular weight excluding hydrogens is 396 g/mol. The second-order valence-corrected chi connectivity index (χ2v) is 8.95. The van der Waals surface area contributed by atoms with Crippen molar-refractivity contribution in [1.29, 1.82) is 0 Å². The van der Waals surface area contributed by atoms with Crippen LogP contribution in [0.15, 0.2) is 30.5 Å². The molecule has 1 aliphatic rings. The van der Waals surface area contributed by atoms with Gasteiger partial charge in [-0.2, -0.15) is 0 Å². The lowest BCUT2D eigenvalue weighted by atomic mass is 10.0. The second kappa shape index (κ2) is 9.13. The number of aliphatic hydroxyl groups excluding tert-OH is 1. The SMILES string of the molecule is CC(C)C[C@H](CO)N(C)C1=CN(OCc2cccc(Cl)c2)Cc2sc(N)nc21. The summed E-state index contributed by atoms with van der Waals surface area (Å²) in [5.41, 5.74) is 8.75. The highest BCUT2D eigenvalue weighted by Gasteiger charge is 2.28. The van der Waals surface area contributed by atoms with Crippen LogP contribution in [0.4, 0.5) is 5.13 Å². The summed E-state index contributed by atoms with van der Waals surface area (Å²) in [5, 5.41) is 12.9. The third-order valence-corrected chi connectivity index (χ3v) is 5.79. The van der Waals surface area contributed by atoms with Gasteiger partial charge in [0.1, 0.15) is 5.69 Å². The van der Waals surface area contributed by atoms with Crippen LogP contribution in [-0.2, 0) is 18.0 Å². The molecule has 28 heavy (non-hydrogen) atoms. The van der Waals surface area contributed by atoms with E-state index < -0.39 is 0 Å². The zero-order valence-electron chi connectivity index (χ0n) is 16.4. The Kier molecular flexibility index (Phi) is 6.82. The highest BCUT2D eigenvalue weighted by Crippen LogP contribution is 2.35. The highest BCUT2D eigenvalue weighted by molar-refractivity contribution is 7.15. The third kappa shape index (κ3) is 4.97. The van der Waals surface area contributed by atoms with Crippen molar-refractivity contribution in [3.63, 3.8) is 0 Å². The summed E-state index contributed by atoms with van der Waals surface area (Å²) in [6.45, 7) is 5.37. The monoisotopic (exact) mass is 422 g/mol. The number of hydroxylamine groups is 2. The number of halogens is 1. The fourth-order valence-electron chi connectivity index (χ4n) is 3.28. The summed E-state index contributed by atoms with van der Waals surface area (Å²) in [7, 11) is 1.98. The van der Waals surface area contributed by atoms with E-state index in [-0.39, 0.29) is 12.6 Å². The Morgan fingerprint density at radius 1 is 1.43 bits per heavy atom. The molecule has 0 aliphatic carbocycles. The maximum atomic E-state index is 9.90. The maximum absolute atomic E-state index is 9.90. The van der Waals surface area contributed by atoms with E-state index in [1.807, 2.05) is 37.5 Å². The average molecular weight is 423 g/mol. The fraction of sp³-hybridized carbons (Fsp3) is 0.450. The van der Waals surface area contributed by atoms with E-state index in [9.17, 15) is 5.11 Å². The molecule has 0 amide bonds. The predicted octanol–water partition coefficient (Wildman–Crippen LogP) is 3.96. The summed E-state index contributed by atoms with van der Waals surface area (Å²) in [6.07, 6.45) is 2.82. The number of thiazole rings is 1. The van der Waals surface area contributed by atoms with Gasteiger partial charge in [-0.3, -0.25) is 9.90 Å². The molecular formula is C20H27ClN4O2S. The fourth-order valence-corrected chi connectivity index (χ4v) is 4.32. The molecule has 1 atom stereocenters. The van der Waals surface area contributed by atoms with E-state index in [4.69, 9.17) is 22.2 Å². The summed E-state index contributed by atoms with van der Waals surface area (Å²) in [5.74, 6) is 0.471. The molecule has 3 rings (SSSR count). The normalized spacial score (nSPS) is 14.8. The minimum Gasteiger partial charge on any atom is -0.394 e. The van der Waals surface area contributed by atoms with Gasteiger partial charge in [0.05, 0.1) is 42.6 Å². The second-order valence-electron chi connectivity index (χ2n) is 7.39. The largest absolute Gasteiger partial charge is 0.394 e. The number of likely N-dealkylation sites (N-methyl/N-ethyl adjacent to an activating group) is 1. The van der Waals surface area contributed by atoms with E-state index >= 15 is 0 Å². The molecule has 2 aromatic rings. The standard InChI is InChI=1S/C20H27ClN4O2S/c1-13(2)7-16(11-26)24(3)17-9-25(10-18-19(17)23-20(22)28-18)27-12-14-5-4-6-15(21)8-14/h4-6,8-9,13,16,26H,7,10-12H2,1-3H3,(H2,22,23)/t16-/m1/s1. The number of benzene rings is 1. The van der Waals surface area contributed by atoms with Gasteiger partial charge in [0.2, 0.25) is 0 Å². The highest BCUT2D eigenvalue weighted by atomic mass is 35.5. The molecule has 0 bridgehead atoms. The molecule has 3 N–H and O–H groups in total. The van der Waals surface area contributed by atoms with E-state index in [0.717, 1.165) is 28.3 Å². The Bertz CT molecular complexity index is 839. The number of fused-ring (bicyclic) bond motifs is 1. The molecule has 0 spiro atoms. The first-order valence-corrected chi connectivity index (χ1v) is 10.5. The number of rotatable bonds is 8. The van der Waals surface area contributed by atoms with Gasteiger partial charge < -0.3 is 15.7 Å². The number of aliphatic hydroxyl groups is 1. The number of anilines is 1. The number of hydrogen-bond donors (Lipinski definition) is 2. The van der Waals surface area contributed by atoms with Crippen LogP contribution in [0.3, 0.4) is 0 Å². The molecule has 0 radical (unpaired) electrons. The van der Waals surface area contributed by atoms with Crippen LogP contribution in [0.1, 0.15) is 36.4 Å². The molecule has 6 nitrogen and oxygen atoms in total. The van der Waals surface area contributed by atoms with Crippen LogP contribution < -0.4 is 5.73 Å². The van der Waals surface area contributed by atoms with Crippen LogP contribution in [-0.4, -0.2) is 39.8 Å². The molecule has 0 unspecified atom stereocenters. The van der Waals surface area contributed by atoms with Crippen molar-refractivity contribution in [3.8, 4) is 0 Å². The molecule has 152 valence electrons. The van der Waals surface area contributed by atoms with Gasteiger partial charge in [-0.05, 0) is 30.0 Å². The topological polar surface area (TPSA) is 74.8 Å². The van der Waals surface area contributed by atoms with Crippen molar-refractivity contribution in [1.82, 2.24) is 14.9 Å². The molecule has 1 aliphatic heterocycles. The maximum Gasteiger partial charge on any atom is 0.180 e. The van der Waals surface area contributed by atoms with Crippen molar-refractivity contribution >= 4 is 33.8 Å². The number of aromatic nitrogens is 1. The average Bonchev–Trinajstić information content (AvgIpc) is 3.03. The Labute approximate surface area is 175 Å². The summed E-state index contributed by atoms with van der Waals surface area (Å²) < 4.78 is 0. The molecule has 1 aromatic heterocycles. The molecule has 0 fully saturated rings. The summed E-state index contributed by atoms with van der Waals surface area (Å²) in [6, 6.07) is 7.62. The van der Waals surface area contributed by atoms with Gasteiger partial charge in [-0.25, -0.2) is 4.98 Å². The van der Waals surface area contributed by atoms with E-state index in [2.05, 4.69) is 23.7 Å². The van der Waals surface area contributed by atoms with Gasteiger partial charge in [0, 0.05) is 12.1 Å². The van der Waals surface area contributed by atoms with Crippen molar-refractivity contribution in [2.75, 3.05) is 19.4 Å². The van der Waals surface area contributed by atoms with Gasteiger partial charge >= 0.3 is 0 Å². The minimum atomic E-state index is -0.00472. The lowest BCUT2D eigenvalue weighted by Gasteiger charge is -2.35. The summed E-state index contributed by atoms with van der Waals surface area (Å²) >= 11 is 7.53. The Morgan fingerprint density at radius 3 is 2.89 bits per heavy atom. The van der Waals surface area contributed by atoms with Crippen LogP contribution in [0, 0.1) is 5.92 Å². The number of hydrogen-bond acceptors (Lipinski definition) is 7. The zero-order valence-corrected chi connectivity index (χ0v) is 18.0. The zero-order chi connectivity index (χ0) is 20.3. The smallest absolute Gasteiger partial charge is 0.180 e. The Morgan fingerprint density at radius 2 is 2.21 bits per heavy atom. The number of nitrogens with two attached hydrogens (primary N) is 1. The minimum absolute atomic E-state index is 0.00472. The van der Waals surface area contributed by atoms with Gasteiger partial charge in [-0.1, -0.05) is 48.9 Å². The van der Waals surface area contributed by atoms with E-state index in [1.165, 1.54) is 11.3 Å². The van der Waals surface area contributed by atoms with Crippen molar-refractivity contribution in [2.45, 2.75) is 39.5 Å². The van der Waals surface area contributed by atoms with Crippen molar-refractivity contribution in [2.24, 2.45) is 5.92 Å². The van der Waals surface area contributed by atoms with E-state index in [0.29, 0.717) is 29.2 Å². The number of nitrogens with zero attached hydrogens (tertiary/aromatic N) is 3. The van der Waals surface area contributed by atoms with Crippen LogP contribution >= 0.6 is 22.9 Å². The molecule has 2 heterocycles. The molecule has 0 saturated carbocycles. The first-order chi connectivity index (χ1) is 13.4. The van der Waals surface area contributed by atoms with Crippen LogP contribution in [0.5, 0.6) is 0 Å². The predicted molar refractivity (Wildman–Crippen MR) is 114 cm³/mol. The Hall–Kier alpha value is -1.80. The third-order valence-electron chi connectivity index (χ3n) is 4.69. The Balaban J connectivity index is 1.81.